The summed E-state index contributed by atoms with van der Waals surface area (Å²) in [5, 5.41) is 5.01. The van der Waals surface area contributed by atoms with Crippen molar-refractivity contribution in [2.24, 2.45) is 0 Å². The molecule has 0 aromatic carbocycles. The van der Waals surface area contributed by atoms with Crippen LogP contribution in [0.25, 0.3) is 10.2 Å². The van der Waals surface area contributed by atoms with E-state index in [0.717, 1.165) is 41.5 Å². The van der Waals surface area contributed by atoms with Crippen LogP contribution in [0.3, 0.4) is 0 Å². The Morgan fingerprint density at radius 1 is 1.35 bits per heavy atom. The number of aryl methyl sites for hydroxylation is 3. The van der Waals surface area contributed by atoms with Crippen molar-refractivity contribution in [3.05, 3.63) is 16.3 Å². The van der Waals surface area contributed by atoms with E-state index in [1.165, 1.54) is 28.7 Å². The molecule has 0 aliphatic heterocycles. The molecule has 0 saturated heterocycles. The highest BCUT2D eigenvalue weighted by Gasteiger charge is 2.23. The van der Waals surface area contributed by atoms with Gasteiger partial charge in [0.25, 0.3) is 0 Å². The number of rotatable bonds is 5. The normalized spacial score (nSPS) is 15.4. The molecule has 124 valence electrons. The largest absolute Gasteiger partial charge is 0.355 e. The van der Waals surface area contributed by atoms with Gasteiger partial charge in [0, 0.05) is 16.8 Å². The maximum absolute atomic E-state index is 12.2. The van der Waals surface area contributed by atoms with Crippen LogP contribution in [0.15, 0.2) is 5.03 Å². The fraction of sp³-hybridized carbons (Fsp3) is 0.588. The Bertz CT molecular complexity index is 726. The number of amides is 1. The van der Waals surface area contributed by atoms with Crippen LogP contribution in [-0.2, 0) is 17.6 Å². The number of thioether (sulfide) groups is 1. The number of nitrogens with one attached hydrogen (secondary N) is 1. The minimum absolute atomic E-state index is 0.0883. The maximum atomic E-state index is 12.2. The van der Waals surface area contributed by atoms with E-state index in [-0.39, 0.29) is 11.2 Å². The van der Waals surface area contributed by atoms with Crippen molar-refractivity contribution in [1.29, 1.82) is 0 Å². The van der Waals surface area contributed by atoms with Crippen molar-refractivity contribution in [2.45, 2.75) is 63.2 Å². The summed E-state index contributed by atoms with van der Waals surface area (Å²) in [4.78, 5) is 24.0. The maximum Gasteiger partial charge on any atom is 0.233 e. The molecule has 1 aliphatic rings. The molecule has 2 aromatic rings. The number of thiophene rings is 1. The second kappa shape index (κ2) is 7.18. The number of carbonyl (C=O) groups excluding carboxylic acids is 1. The van der Waals surface area contributed by atoms with E-state index in [4.69, 9.17) is 0 Å². The van der Waals surface area contributed by atoms with E-state index in [1.807, 2.05) is 25.2 Å². The topological polar surface area (TPSA) is 54.9 Å². The number of hydrogen-bond donors (Lipinski definition) is 1. The summed E-state index contributed by atoms with van der Waals surface area (Å²) in [6.07, 6.45) is 5.74. The molecule has 0 fully saturated rings. The number of aromatic nitrogens is 2. The second-order valence-corrected chi connectivity index (χ2v) is 8.43. The first kappa shape index (κ1) is 16.7. The summed E-state index contributed by atoms with van der Waals surface area (Å²) in [6.45, 7) is 6.69. The predicted molar refractivity (Wildman–Crippen MR) is 97.4 cm³/mol. The molecule has 2 aromatic heterocycles. The van der Waals surface area contributed by atoms with Gasteiger partial charge in [-0.05, 0) is 51.5 Å². The van der Waals surface area contributed by atoms with Gasteiger partial charge in [0.15, 0.2) is 0 Å². The Labute approximate surface area is 145 Å². The van der Waals surface area contributed by atoms with Crippen molar-refractivity contribution in [2.75, 3.05) is 6.54 Å². The first-order chi connectivity index (χ1) is 11.1. The average Bonchev–Trinajstić information content (AvgIpc) is 2.90. The molecule has 1 N–H and O–H groups in total. The fourth-order valence-electron chi connectivity index (χ4n) is 2.92. The summed E-state index contributed by atoms with van der Waals surface area (Å²) in [5.41, 5.74) is 1.43. The van der Waals surface area contributed by atoms with E-state index in [1.54, 1.807) is 11.8 Å². The molecule has 2 heterocycles. The highest BCUT2D eigenvalue weighted by atomic mass is 32.2. The Morgan fingerprint density at radius 2 is 2.13 bits per heavy atom. The smallest absolute Gasteiger partial charge is 0.233 e. The van der Waals surface area contributed by atoms with Crippen molar-refractivity contribution in [3.8, 4) is 0 Å². The summed E-state index contributed by atoms with van der Waals surface area (Å²) in [6, 6.07) is 0. The third-order valence-corrected chi connectivity index (χ3v) is 6.37. The summed E-state index contributed by atoms with van der Waals surface area (Å²) in [5.74, 6) is 0.880. The number of hydrogen-bond acceptors (Lipinski definition) is 5. The van der Waals surface area contributed by atoms with Crippen molar-refractivity contribution in [3.63, 3.8) is 0 Å². The Hall–Kier alpha value is -1.14. The highest BCUT2D eigenvalue weighted by molar-refractivity contribution is 8.00. The first-order valence-electron chi connectivity index (χ1n) is 8.33. The van der Waals surface area contributed by atoms with Crippen LogP contribution < -0.4 is 5.32 Å². The zero-order valence-corrected chi connectivity index (χ0v) is 15.6. The van der Waals surface area contributed by atoms with Gasteiger partial charge < -0.3 is 5.32 Å². The number of fused-ring (bicyclic) bond motifs is 3. The average molecular weight is 350 g/mol. The van der Waals surface area contributed by atoms with E-state index in [9.17, 15) is 4.79 Å². The molecular weight excluding hydrogens is 326 g/mol. The number of carbonyl (C=O) groups is 1. The van der Waals surface area contributed by atoms with E-state index < -0.39 is 0 Å². The van der Waals surface area contributed by atoms with Crippen LogP contribution in [-0.4, -0.2) is 27.7 Å². The van der Waals surface area contributed by atoms with Gasteiger partial charge in [-0.15, -0.1) is 11.3 Å². The number of nitrogens with zero attached hydrogens (tertiary/aromatic N) is 2. The summed E-state index contributed by atoms with van der Waals surface area (Å²) < 4.78 is 0. The van der Waals surface area contributed by atoms with Crippen LogP contribution in [0.2, 0.25) is 0 Å². The molecular formula is C17H23N3OS2. The lowest BCUT2D eigenvalue weighted by atomic mass is 9.97. The Balaban J connectivity index is 1.93. The zero-order valence-electron chi connectivity index (χ0n) is 13.9. The standard InChI is InChI=1S/C17H23N3OS2/c1-4-9-18-15(21)10(2)22-16-14-12-7-5-6-8-13(12)23-17(14)20-11(3)19-16/h10H,4-9H2,1-3H3,(H,18,21)/t10-/m1/s1. The molecule has 0 saturated carbocycles. The lowest BCUT2D eigenvalue weighted by Crippen LogP contribution is -2.31. The van der Waals surface area contributed by atoms with Gasteiger partial charge in [0.1, 0.15) is 15.7 Å². The third-order valence-electron chi connectivity index (χ3n) is 4.10. The molecule has 0 bridgehead atoms. The van der Waals surface area contributed by atoms with Gasteiger partial charge in [0.2, 0.25) is 5.91 Å². The fourth-order valence-corrected chi connectivity index (χ4v) is 5.34. The van der Waals surface area contributed by atoms with E-state index in [2.05, 4.69) is 22.2 Å². The first-order valence-corrected chi connectivity index (χ1v) is 10.0. The SMILES string of the molecule is CCCNC(=O)[C@@H](C)Sc1nc(C)nc2sc3c(c12)CCCC3. The summed E-state index contributed by atoms with van der Waals surface area (Å²) in [7, 11) is 0. The van der Waals surface area contributed by atoms with Crippen molar-refractivity contribution in [1.82, 2.24) is 15.3 Å². The highest BCUT2D eigenvalue weighted by Crippen LogP contribution is 2.40. The van der Waals surface area contributed by atoms with Crippen LogP contribution in [0, 0.1) is 6.92 Å². The third kappa shape index (κ3) is 3.53. The molecule has 23 heavy (non-hydrogen) atoms. The molecule has 0 unspecified atom stereocenters. The van der Waals surface area contributed by atoms with E-state index in [0.29, 0.717) is 0 Å². The lowest BCUT2D eigenvalue weighted by molar-refractivity contribution is -0.120. The molecule has 1 aliphatic carbocycles. The quantitative estimate of drug-likeness (QED) is 0.657. The molecule has 0 spiro atoms. The summed E-state index contributed by atoms with van der Waals surface area (Å²) >= 11 is 3.38. The minimum Gasteiger partial charge on any atom is -0.355 e. The minimum atomic E-state index is -0.141. The van der Waals surface area contributed by atoms with Gasteiger partial charge in [-0.2, -0.15) is 0 Å². The monoisotopic (exact) mass is 349 g/mol. The Kier molecular flexibility index (Phi) is 5.21. The van der Waals surface area contributed by atoms with Gasteiger partial charge in [0.05, 0.1) is 5.25 Å². The Morgan fingerprint density at radius 3 is 2.91 bits per heavy atom. The van der Waals surface area contributed by atoms with Crippen LogP contribution in [0.5, 0.6) is 0 Å². The molecule has 3 rings (SSSR count). The molecule has 6 heteroatoms. The molecule has 1 amide bonds. The molecule has 4 nitrogen and oxygen atoms in total. The van der Waals surface area contributed by atoms with Gasteiger partial charge in [-0.3, -0.25) is 4.79 Å². The molecule has 1 atom stereocenters. The predicted octanol–water partition coefficient (Wildman–Crippen LogP) is 3.89. The zero-order chi connectivity index (χ0) is 16.4. The van der Waals surface area contributed by atoms with Crippen molar-refractivity contribution >= 4 is 39.2 Å². The van der Waals surface area contributed by atoms with Crippen LogP contribution in [0.1, 0.15) is 49.4 Å². The van der Waals surface area contributed by atoms with Crippen molar-refractivity contribution < 1.29 is 4.79 Å². The van der Waals surface area contributed by atoms with Gasteiger partial charge in [-0.1, -0.05) is 18.7 Å². The lowest BCUT2D eigenvalue weighted by Gasteiger charge is -2.14. The van der Waals surface area contributed by atoms with Gasteiger partial charge in [-0.25, -0.2) is 9.97 Å². The van der Waals surface area contributed by atoms with Gasteiger partial charge >= 0.3 is 0 Å². The second-order valence-electron chi connectivity index (χ2n) is 6.02. The van der Waals surface area contributed by atoms with Crippen LogP contribution in [0.4, 0.5) is 0 Å². The van der Waals surface area contributed by atoms with E-state index >= 15 is 0 Å². The molecule has 0 radical (unpaired) electrons. The van der Waals surface area contributed by atoms with Crippen LogP contribution >= 0.6 is 23.1 Å².